The number of benzene rings is 3. The highest BCUT2D eigenvalue weighted by Crippen LogP contribution is 2.44. The number of carboxylic acid groups (broad SMARTS) is 1. The fourth-order valence-electron chi connectivity index (χ4n) is 4.31. The number of carboxylic acids is 1. The second kappa shape index (κ2) is 10.8. The number of carbonyl (C=O) groups excluding carboxylic acids is 2. The highest BCUT2D eigenvalue weighted by atomic mass is 19.1. The molecule has 8 heteroatoms. The normalized spacial score (nSPS) is 11.9. The molecule has 0 fully saturated rings. The van der Waals surface area contributed by atoms with Gasteiger partial charge in [0.15, 0.2) is 0 Å². The number of carbonyl (C=O) groups is 3. The molecule has 3 aromatic carbocycles. The molecule has 0 aliphatic heterocycles. The Bertz CT molecular complexity index is 1210. The van der Waals surface area contributed by atoms with Gasteiger partial charge in [-0.05, 0) is 47.2 Å². The van der Waals surface area contributed by atoms with Crippen molar-refractivity contribution in [2.75, 3.05) is 18.5 Å². The Kier molecular flexibility index (Phi) is 7.40. The molecule has 0 radical (unpaired) electrons. The molecule has 180 valence electrons. The van der Waals surface area contributed by atoms with Crippen LogP contribution in [0.15, 0.2) is 66.7 Å². The number of alkyl carbamates (subject to hydrolysis) is 1. The number of amides is 2. The molecule has 7 nitrogen and oxygen atoms in total. The van der Waals surface area contributed by atoms with E-state index in [2.05, 4.69) is 34.9 Å². The Labute approximate surface area is 201 Å². The predicted molar refractivity (Wildman–Crippen MR) is 129 cm³/mol. The maximum atomic E-state index is 13.7. The summed E-state index contributed by atoms with van der Waals surface area (Å²) in [6, 6.07) is 19.9. The highest BCUT2D eigenvalue weighted by molar-refractivity contribution is 6.00. The van der Waals surface area contributed by atoms with Gasteiger partial charge in [-0.3, -0.25) is 4.79 Å². The third-order valence-corrected chi connectivity index (χ3v) is 5.95. The number of unbranched alkanes of at least 4 members (excludes halogenated alkanes) is 1. The lowest BCUT2D eigenvalue weighted by Crippen LogP contribution is -2.27. The third kappa shape index (κ3) is 5.48. The number of nitrogens with one attached hydrogen (secondary N) is 2. The second-order valence-corrected chi connectivity index (χ2v) is 8.23. The molecule has 3 N–H and O–H groups in total. The Morgan fingerprint density at radius 2 is 1.54 bits per heavy atom. The monoisotopic (exact) mass is 476 g/mol. The van der Waals surface area contributed by atoms with E-state index in [-0.39, 0.29) is 24.6 Å². The van der Waals surface area contributed by atoms with Gasteiger partial charge in [-0.25, -0.2) is 14.0 Å². The lowest BCUT2D eigenvalue weighted by molar-refractivity contribution is -0.116. The summed E-state index contributed by atoms with van der Waals surface area (Å²) in [5.74, 6) is -2.82. The van der Waals surface area contributed by atoms with E-state index in [1.165, 1.54) is 12.1 Å². The molecule has 0 saturated heterocycles. The van der Waals surface area contributed by atoms with Gasteiger partial charge in [-0.15, -0.1) is 0 Å². The standard InChI is InChI=1S/C27H25FN2O5/c28-22-12-7-13-23(25(22)26(32)33)30-24(31)14-5-6-15-29-27(34)35-16-21-19-10-3-1-8-17(19)18-9-2-4-11-20(18)21/h1-4,7-13,21H,5-6,14-16H2,(H,29,34)(H,30,31)(H,32,33). The van der Waals surface area contributed by atoms with Crippen LogP contribution in [-0.4, -0.2) is 36.2 Å². The second-order valence-electron chi connectivity index (χ2n) is 8.23. The molecule has 0 heterocycles. The number of aromatic carboxylic acids is 1. The van der Waals surface area contributed by atoms with Gasteiger partial charge in [0.25, 0.3) is 0 Å². The summed E-state index contributed by atoms with van der Waals surface area (Å²) in [4.78, 5) is 35.5. The first kappa shape index (κ1) is 23.9. The Balaban J connectivity index is 1.19. The van der Waals surface area contributed by atoms with E-state index in [1.807, 2.05) is 24.3 Å². The molecular weight excluding hydrogens is 451 g/mol. The summed E-state index contributed by atoms with van der Waals surface area (Å²) in [6.45, 7) is 0.548. The van der Waals surface area contributed by atoms with Gasteiger partial charge >= 0.3 is 12.1 Å². The molecule has 0 saturated carbocycles. The van der Waals surface area contributed by atoms with Crippen LogP contribution in [0.3, 0.4) is 0 Å². The molecule has 0 atom stereocenters. The maximum absolute atomic E-state index is 13.7. The van der Waals surface area contributed by atoms with Crippen molar-refractivity contribution in [2.45, 2.75) is 25.2 Å². The minimum absolute atomic E-state index is 0.0182. The summed E-state index contributed by atoms with van der Waals surface area (Å²) in [7, 11) is 0. The predicted octanol–water partition coefficient (Wildman–Crippen LogP) is 5.17. The summed E-state index contributed by atoms with van der Waals surface area (Å²) < 4.78 is 19.2. The van der Waals surface area contributed by atoms with Crippen LogP contribution in [0.25, 0.3) is 11.1 Å². The Morgan fingerprint density at radius 3 is 2.20 bits per heavy atom. The zero-order valence-corrected chi connectivity index (χ0v) is 18.9. The summed E-state index contributed by atoms with van der Waals surface area (Å²) in [6.07, 6.45) is 0.545. The van der Waals surface area contributed by atoms with Gasteiger partial charge in [-0.1, -0.05) is 54.6 Å². The third-order valence-electron chi connectivity index (χ3n) is 5.95. The molecule has 0 unspecified atom stereocenters. The van der Waals surface area contributed by atoms with Crippen molar-refractivity contribution in [3.8, 4) is 11.1 Å². The first-order valence-corrected chi connectivity index (χ1v) is 11.4. The van der Waals surface area contributed by atoms with Gasteiger partial charge in [-0.2, -0.15) is 0 Å². The van der Waals surface area contributed by atoms with Crippen LogP contribution < -0.4 is 10.6 Å². The van der Waals surface area contributed by atoms with Gasteiger partial charge in [0.05, 0.1) is 5.69 Å². The number of fused-ring (bicyclic) bond motifs is 3. The first-order chi connectivity index (χ1) is 17.0. The Hall–Kier alpha value is -4.20. The molecular formula is C27H25FN2O5. The summed E-state index contributed by atoms with van der Waals surface area (Å²) >= 11 is 0. The highest BCUT2D eigenvalue weighted by Gasteiger charge is 2.28. The molecule has 1 aliphatic carbocycles. The fraction of sp³-hybridized carbons (Fsp3) is 0.222. The maximum Gasteiger partial charge on any atom is 0.407 e. The zero-order chi connectivity index (χ0) is 24.8. The number of rotatable bonds is 9. The number of ether oxygens (including phenoxy) is 1. The number of halogens is 1. The van der Waals surface area contributed by atoms with Crippen LogP contribution in [0.4, 0.5) is 14.9 Å². The topological polar surface area (TPSA) is 105 Å². The van der Waals surface area contributed by atoms with Crippen LogP contribution >= 0.6 is 0 Å². The van der Waals surface area contributed by atoms with E-state index < -0.39 is 29.4 Å². The molecule has 4 rings (SSSR count). The largest absolute Gasteiger partial charge is 0.478 e. The van der Waals surface area contributed by atoms with Crippen molar-refractivity contribution in [2.24, 2.45) is 0 Å². The van der Waals surface area contributed by atoms with Crippen molar-refractivity contribution in [1.82, 2.24) is 5.32 Å². The molecule has 0 bridgehead atoms. The molecule has 0 spiro atoms. The average molecular weight is 477 g/mol. The molecule has 35 heavy (non-hydrogen) atoms. The lowest BCUT2D eigenvalue weighted by Gasteiger charge is -2.14. The van der Waals surface area contributed by atoms with Crippen LogP contribution in [0.2, 0.25) is 0 Å². The molecule has 1 aliphatic rings. The van der Waals surface area contributed by atoms with Crippen molar-refractivity contribution in [1.29, 1.82) is 0 Å². The summed E-state index contributed by atoms with van der Waals surface area (Å²) in [5.41, 5.74) is 3.93. The van der Waals surface area contributed by atoms with E-state index >= 15 is 0 Å². The van der Waals surface area contributed by atoms with Gasteiger partial charge < -0.3 is 20.5 Å². The Morgan fingerprint density at radius 1 is 0.886 bits per heavy atom. The van der Waals surface area contributed by atoms with Gasteiger partial charge in [0.1, 0.15) is 18.0 Å². The van der Waals surface area contributed by atoms with Gasteiger partial charge in [0.2, 0.25) is 5.91 Å². The van der Waals surface area contributed by atoms with Crippen LogP contribution in [-0.2, 0) is 9.53 Å². The van der Waals surface area contributed by atoms with Crippen LogP contribution in [0.5, 0.6) is 0 Å². The first-order valence-electron chi connectivity index (χ1n) is 11.4. The number of hydrogen-bond donors (Lipinski definition) is 3. The zero-order valence-electron chi connectivity index (χ0n) is 18.9. The van der Waals surface area contributed by atoms with Crippen molar-refractivity contribution in [3.05, 3.63) is 89.2 Å². The van der Waals surface area contributed by atoms with Crippen molar-refractivity contribution in [3.63, 3.8) is 0 Å². The minimum Gasteiger partial charge on any atom is -0.478 e. The SMILES string of the molecule is O=C(CCCCNC(=O)OCC1c2ccccc2-c2ccccc21)Nc1cccc(F)c1C(=O)O. The number of anilines is 1. The number of hydrogen-bond acceptors (Lipinski definition) is 4. The fourth-order valence-corrected chi connectivity index (χ4v) is 4.31. The van der Waals surface area contributed by atoms with Crippen molar-refractivity contribution >= 4 is 23.7 Å². The molecule has 2 amide bonds. The smallest absolute Gasteiger partial charge is 0.407 e. The van der Waals surface area contributed by atoms with Crippen molar-refractivity contribution < 1.29 is 28.6 Å². The average Bonchev–Trinajstić information content (AvgIpc) is 3.16. The van der Waals surface area contributed by atoms with Crippen LogP contribution in [0, 0.1) is 5.82 Å². The lowest BCUT2D eigenvalue weighted by atomic mass is 9.98. The van der Waals surface area contributed by atoms with E-state index in [9.17, 15) is 18.8 Å². The van der Waals surface area contributed by atoms with E-state index in [0.717, 1.165) is 28.3 Å². The molecule has 0 aromatic heterocycles. The van der Waals surface area contributed by atoms with Gasteiger partial charge in [0, 0.05) is 18.9 Å². The summed E-state index contributed by atoms with van der Waals surface area (Å²) in [5, 5.41) is 14.2. The van der Waals surface area contributed by atoms with E-state index in [0.29, 0.717) is 19.4 Å². The van der Waals surface area contributed by atoms with Crippen LogP contribution in [0.1, 0.15) is 46.7 Å². The quantitative estimate of drug-likeness (QED) is 0.370. The minimum atomic E-state index is -1.45. The molecule has 3 aromatic rings. The van der Waals surface area contributed by atoms with E-state index in [4.69, 9.17) is 9.84 Å². The van der Waals surface area contributed by atoms with E-state index in [1.54, 1.807) is 0 Å².